The molecule has 106 valence electrons. The summed E-state index contributed by atoms with van der Waals surface area (Å²) >= 11 is 0. The van der Waals surface area contributed by atoms with Crippen molar-refractivity contribution in [3.05, 3.63) is 30.1 Å². The van der Waals surface area contributed by atoms with E-state index in [1.165, 1.54) is 0 Å². The van der Waals surface area contributed by atoms with E-state index in [4.69, 9.17) is 5.11 Å². The summed E-state index contributed by atoms with van der Waals surface area (Å²) in [5, 5.41) is 24.4. The van der Waals surface area contributed by atoms with E-state index in [9.17, 15) is 4.79 Å². The monoisotopic (exact) mass is 276 g/mol. The topological polar surface area (TPSA) is 107 Å². The van der Waals surface area contributed by atoms with Crippen LogP contribution < -0.4 is 10.2 Å². The van der Waals surface area contributed by atoms with Gasteiger partial charge in [-0.15, -0.1) is 10.2 Å². The molecular formula is C12H16N6O2. The van der Waals surface area contributed by atoms with E-state index in [2.05, 4.69) is 25.9 Å². The molecule has 8 heteroatoms. The second-order valence-electron chi connectivity index (χ2n) is 4.04. The van der Waals surface area contributed by atoms with Crippen molar-refractivity contribution < 1.29 is 9.90 Å². The van der Waals surface area contributed by atoms with Crippen molar-refractivity contribution in [3.63, 3.8) is 0 Å². The number of hydrogen-bond acceptors (Lipinski definition) is 6. The number of amides is 1. The molecule has 0 saturated carbocycles. The molecule has 0 fully saturated rings. The Hall–Kier alpha value is -2.48. The van der Waals surface area contributed by atoms with Crippen molar-refractivity contribution in [1.29, 1.82) is 0 Å². The number of nitrogens with one attached hydrogen (secondary N) is 2. The minimum Gasteiger partial charge on any atom is -0.395 e. The molecule has 1 heterocycles. The molecule has 8 nitrogen and oxygen atoms in total. The fourth-order valence-electron chi connectivity index (χ4n) is 1.79. The van der Waals surface area contributed by atoms with Crippen LogP contribution in [0.15, 0.2) is 24.3 Å². The summed E-state index contributed by atoms with van der Waals surface area (Å²) in [6.45, 7) is 3.49. The van der Waals surface area contributed by atoms with Gasteiger partial charge in [-0.1, -0.05) is 0 Å². The van der Waals surface area contributed by atoms with E-state index < -0.39 is 5.91 Å². The van der Waals surface area contributed by atoms with Crippen LogP contribution in [-0.4, -0.2) is 51.3 Å². The fraction of sp³-hybridized carbons (Fsp3) is 0.333. The van der Waals surface area contributed by atoms with Crippen LogP contribution in [0.1, 0.15) is 17.5 Å². The van der Waals surface area contributed by atoms with Crippen molar-refractivity contribution in [1.82, 2.24) is 20.6 Å². The summed E-state index contributed by atoms with van der Waals surface area (Å²) in [4.78, 5) is 13.7. The van der Waals surface area contributed by atoms with Crippen molar-refractivity contribution in [2.75, 3.05) is 29.9 Å². The number of tetrazole rings is 1. The molecule has 0 spiro atoms. The number of nitrogens with zero attached hydrogens (tertiary/aromatic N) is 4. The molecule has 2 aromatic rings. The van der Waals surface area contributed by atoms with E-state index in [0.717, 1.165) is 12.2 Å². The number of carbonyl (C=O) groups is 1. The maximum Gasteiger partial charge on any atom is 0.297 e. The van der Waals surface area contributed by atoms with E-state index in [-0.39, 0.29) is 12.4 Å². The number of aromatic amines is 1. The summed E-state index contributed by atoms with van der Waals surface area (Å²) < 4.78 is 0. The van der Waals surface area contributed by atoms with Crippen LogP contribution in [0.5, 0.6) is 0 Å². The van der Waals surface area contributed by atoms with Gasteiger partial charge in [-0.2, -0.15) is 5.21 Å². The number of benzene rings is 1. The third kappa shape index (κ3) is 3.29. The number of aromatic nitrogens is 4. The highest BCUT2D eigenvalue weighted by atomic mass is 16.3. The largest absolute Gasteiger partial charge is 0.395 e. The Morgan fingerprint density at radius 3 is 2.70 bits per heavy atom. The number of aliphatic hydroxyl groups excluding tert-OH is 1. The average Bonchev–Trinajstić information content (AvgIpc) is 3.00. The Labute approximate surface area is 115 Å². The third-order valence-corrected chi connectivity index (χ3v) is 2.79. The van der Waals surface area contributed by atoms with Crippen molar-refractivity contribution in [2.24, 2.45) is 0 Å². The summed E-state index contributed by atoms with van der Waals surface area (Å²) in [6.07, 6.45) is 0. The molecule has 0 unspecified atom stereocenters. The van der Waals surface area contributed by atoms with Gasteiger partial charge in [-0.3, -0.25) is 4.79 Å². The molecule has 0 radical (unpaired) electrons. The summed E-state index contributed by atoms with van der Waals surface area (Å²) in [7, 11) is 0. The molecule has 0 aliphatic heterocycles. The number of likely N-dealkylation sites (N-methyl/N-ethyl adjacent to an activating group) is 1. The van der Waals surface area contributed by atoms with E-state index in [1.807, 2.05) is 24.0 Å². The van der Waals surface area contributed by atoms with Crippen LogP contribution >= 0.6 is 0 Å². The number of carbonyl (C=O) groups excluding carboxylic acids is 1. The first kappa shape index (κ1) is 13.9. The fourth-order valence-corrected chi connectivity index (χ4v) is 1.79. The van der Waals surface area contributed by atoms with Gasteiger partial charge < -0.3 is 15.3 Å². The van der Waals surface area contributed by atoms with Crippen LogP contribution in [0.25, 0.3) is 0 Å². The van der Waals surface area contributed by atoms with Crippen molar-refractivity contribution >= 4 is 17.3 Å². The number of rotatable bonds is 6. The number of H-pyrrole nitrogens is 1. The summed E-state index contributed by atoms with van der Waals surface area (Å²) in [5.41, 5.74) is 1.63. The SMILES string of the molecule is CCN(CCO)c1ccc(NC(=O)c2nn[nH]n2)cc1. The predicted molar refractivity (Wildman–Crippen MR) is 73.5 cm³/mol. The zero-order valence-electron chi connectivity index (χ0n) is 11.1. The van der Waals surface area contributed by atoms with Crippen molar-refractivity contribution in [2.45, 2.75) is 6.92 Å². The van der Waals surface area contributed by atoms with Gasteiger partial charge in [0.25, 0.3) is 11.7 Å². The maximum absolute atomic E-state index is 11.7. The van der Waals surface area contributed by atoms with Crippen molar-refractivity contribution in [3.8, 4) is 0 Å². The van der Waals surface area contributed by atoms with Gasteiger partial charge in [0.1, 0.15) is 0 Å². The Bertz CT molecular complexity index is 540. The quantitative estimate of drug-likeness (QED) is 0.699. The zero-order valence-corrected chi connectivity index (χ0v) is 11.1. The lowest BCUT2D eigenvalue weighted by molar-refractivity contribution is 0.101. The highest BCUT2D eigenvalue weighted by Gasteiger charge is 2.11. The number of hydrogen-bond donors (Lipinski definition) is 3. The van der Waals surface area contributed by atoms with Gasteiger partial charge >= 0.3 is 0 Å². The zero-order chi connectivity index (χ0) is 14.4. The van der Waals surface area contributed by atoms with E-state index >= 15 is 0 Å². The molecule has 2 rings (SSSR count). The Morgan fingerprint density at radius 2 is 2.15 bits per heavy atom. The molecule has 0 bridgehead atoms. The second-order valence-corrected chi connectivity index (χ2v) is 4.04. The van der Waals surface area contributed by atoms with E-state index in [1.54, 1.807) is 12.1 Å². The smallest absolute Gasteiger partial charge is 0.297 e. The molecule has 0 atom stereocenters. The maximum atomic E-state index is 11.7. The lowest BCUT2D eigenvalue weighted by Crippen LogP contribution is -2.26. The first-order valence-electron chi connectivity index (χ1n) is 6.25. The molecular weight excluding hydrogens is 260 g/mol. The minimum atomic E-state index is -0.422. The van der Waals surface area contributed by atoms with Crippen LogP contribution in [0.2, 0.25) is 0 Å². The molecule has 0 saturated heterocycles. The standard InChI is InChI=1S/C12H16N6O2/c1-2-18(7-8-19)10-5-3-9(4-6-10)13-12(20)11-14-16-17-15-11/h3-6,19H,2,7-8H2,1H3,(H,13,20)(H,14,15,16,17). The Balaban J connectivity index is 2.03. The molecule has 20 heavy (non-hydrogen) atoms. The van der Waals surface area contributed by atoms with E-state index in [0.29, 0.717) is 12.2 Å². The first-order chi connectivity index (χ1) is 9.74. The third-order valence-electron chi connectivity index (χ3n) is 2.79. The molecule has 0 aliphatic rings. The first-order valence-corrected chi connectivity index (χ1v) is 6.25. The molecule has 1 aromatic heterocycles. The summed E-state index contributed by atoms with van der Waals surface area (Å²) in [6, 6.07) is 7.33. The highest BCUT2D eigenvalue weighted by molar-refractivity contribution is 6.01. The second kappa shape index (κ2) is 6.62. The average molecular weight is 276 g/mol. The van der Waals surface area contributed by atoms with Gasteiger partial charge in [-0.05, 0) is 36.4 Å². The molecule has 3 N–H and O–H groups in total. The molecule has 0 aliphatic carbocycles. The van der Waals surface area contributed by atoms with Gasteiger partial charge in [-0.25, -0.2) is 0 Å². The number of aliphatic hydroxyl groups is 1. The number of anilines is 2. The lowest BCUT2D eigenvalue weighted by atomic mass is 10.2. The summed E-state index contributed by atoms with van der Waals surface area (Å²) in [5.74, 6) is -0.432. The Morgan fingerprint density at radius 1 is 1.40 bits per heavy atom. The van der Waals surface area contributed by atoms with Crippen LogP contribution in [-0.2, 0) is 0 Å². The van der Waals surface area contributed by atoms with Gasteiger partial charge in [0.2, 0.25) is 0 Å². The Kier molecular flexibility index (Phi) is 4.61. The van der Waals surface area contributed by atoms with Gasteiger partial charge in [0.05, 0.1) is 6.61 Å². The minimum absolute atomic E-state index is 0.00968. The normalized spacial score (nSPS) is 10.3. The van der Waals surface area contributed by atoms with Gasteiger partial charge in [0, 0.05) is 24.5 Å². The van der Waals surface area contributed by atoms with Crippen LogP contribution in [0.4, 0.5) is 11.4 Å². The lowest BCUT2D eigenvalue weighted by Gasteiger charge is -2.22. The predicted octanol–water partition coefficient (Wildman–Crippen LogP) is 0.271. The molecule has 1 amide bonds. The highest BCUT2D eigenvalue weighted by Crippen LogP contribution is 2.17. The van der Waals surface area contributed by atoms with Crippen LogP contribution in [0, 0.1) is 0 Å². The molecule has 1 aromatic carbocycles. The van der Waals surface area contributed by atoms with Crippen LogP contribution in [0.3, 0.4) is 0 Å². The van der Waals surface area contributed by atoms with Gasteiger partial charge in [0.15, 0.2) is 0 Å².